The van der Waals surface area contributed by atoms with Crippen molar-refractivity contribution in [1.82, 2.24) is 4.90 Å². The molecule has 2 nitrogen and oxygen atoms in total. The third-order valence-electron chi connectivity index (χ3n) is 3.74. The number of hydrogen-bond donors (Lipinski definition) is 1. The number of unbranched alkanes of at least 4 members (excludes halogenated alkanes) is 2. The molecular formula is C15H24N2. The van der Waals surface area contributed by atoms with Crippen LogP contribution in [0.1, 0.15) is 31.7 Å². The first kappa shape index (κ1) is 12.4. The van der Waals surface area contributed by atoms with E-state index >= 15 is 0 Å². The minimum absolute atomic E-state index is 0.654. The number of hydrogen-bond acceptors (Lipinski definition) is 2. The normalized spacial score (nSPS) is 18.9. The van der Waals surface area contributed by atoms with Crippen molar-refractivity contribution in [3.63, 3.8) is 0 Å². The molecule has 1 aromatic carbocycles. The highest BCUT2D eigenvalue weighted by molar-refractivity contribution is 5.53. The second-order valence-electron chi connectivity index (χ2n) is 5.08. The number of fused-ring (bicyclic) bond motifs is 1. The highest BCUT2D eigenvalue weighted by atomic mass is 15.2. The Labute approximate surface area is 105 Å². The van der Waals surface area contributed by atoms with Crippen molar-refractivity contribution in [3.8, 4) is 0 Å². The van der Waals surface area contributed by atoms with Gasteiger partial charge in [-0.1, -0.05) is 38.0 Å². The SMILES string of the molecule is CCCCCN(C)C1CNc2ccccc2C1. The summed E-state index contributed by atoms with van der Waals surface area (Å²) in [6.45, 7) is 4.57. The minimum Gasteiger partial charge on any atom is -0.383 e. The molecular weight excluding hydrogens is 208 g/mol. The highest BCUT2D eigenvalue weighted by Gasteiger charge is 2.20. The number of nitrogens with one attached hydrogen (secondary N) is 1. The topological polar surface area (TPSA) is 15.3 Å². The van der Waals surface area contributed by atoms with Crippen LogP contribution < -0.4 is 5.32 Å². The van der Waals surface area contributed by atoms with Crippen molar-refractivity contribution >= 4 is 5.69 Å². The predicted octanol–water partition coefficient (Wildman–Crippen LogP) is 3.15. The lowest BCUT2D eigenvalue weighted by Gasteiger charge is -2.33. The fraction of sp³-hybridized carbons (Fsp3) is 0.600. The van der Waals surface area contributed by atoms with Gasteiger partial charge in [0.15, 0.2) is 0 Å². The Morgan fingerprint density at radius 1 is 1.29 bits per heavy atom. The Bertz CT molecular complexity index is 349. The van der Waals surface area contributed by atoms with Crippen LogP contribution in [0.2, 0.25) is 0 Å². The monoisotopic (exact) mass is 232 g/mol. The first-order chi connectivity index (χ1) is 8.31. The van der Waals surface area contributed by atoms with Crippen LogP contribution in [0.15, 0.2) is 24.3 Å². The van der Waals surface area contributed by atoms with Crippen LogP contribution in [-0.4, -0.2) is 31.1 Å². The fourth-order valence-electron chi connectivity index (χ4n) is 2.53. The molecule has 94 valence electrons. The predicted molar refractivity (Wildman–Crippen MR) is 74.6 cm³/mol. The number of rotatable bonds is 5. The zero-order chi connectivity index (χ0) is 12.1. The third-order valence-corrected chi connectivity index (χ3v) is 3.74. The van der Waals surface area contributed by atoms with Crippen LogP contribution in [0.3, 0.4) is 0 Å². The van der Waals surface area contributed by atoms with E-state index in [9.17, 15) is 0 Å². The molecule has 1 N–H and O–H groups in total. The summed E-state index contributed by atoms with van der Waals surface area (Å²) in [5.74, 6) is 0. The maximum absolute atomic E-state index is 3.54. The van der Waals surface area contributed by atoms with Crippen molar-refractivity contribution in [3.05, 3.63) is 29.8 Å². The molecule has 0 aliphatic carbocycles. The van der Waals surface area contributed by atoms with Crippen LogP contribution in [0, 0.1) is 0 Å². The molecule has 1 aliphatic heterocycles. The minimum atomic E-state index is 0.654. The molecule has 0 amide bonds. The largest absolute Gasteiger partial charge is 0.383 e. The summed E-state index contributed by atoms with van der Waals surface area (Å²) in [6, 6.07) is 9.33. The van der Waals surface area contributed by atoms with Gasteiger partial charge in [0.05, 0.1) is 0 Å². The lowest BCUT2D eigenvalue weighted by molar-refractivity contribution is 0.241. The molecule has 0 saturated heterocycles. The lowest BCUT2D eigenvalue weighted by atomic mass is 9.98. The third kappa shape index (κ3) is 3.22. The van der Waals surface area contributed by atoms with E-state index in [2.05, 4.69) is 48.5 Å². The number of benzene rings is 1. The molecule has 0 fully saturated rings. The average Bonchev–Trinajstić information content (AvgIpc) is 2.38. The zero-order valence-corrected chi connectivity index (χ0v) is 11.1. The van der Waals surface area contributed by atoms with E-state index in [1.54, 1.807) is 0 Å². The van der Waals surface area contributed by atoms with Gasteiger partial charge >= 0.3 is 0 Å². The Balaban J connectivity index is 1.88. The Morgan fingerprint density at radius 3 is 2.94 bits per heavy atom. The molecule has 0 spiro atoms. The Hall–Kier alpha value is -1.02. The van der Waals surface area contributed by atoms with Crippen molar-refractivity contribution in [2.75, 3.05) is 25.5 Å². The molecule has 1 aliphatic rings. The van der Waals surface area contributed by atoms with Gasteiger partial charge in [0.25, 0.3) is 0 Å². The van der Waals surface area contributed by atoms with Crippen LogP contribution in [-0.2, 0) is 6.42 Å². The van der Waals surface area contributed by atoms with E-state index in [1.165, 1.54) is 43.5 Å². The Kier molecular flexibility index (Phi) is 4.43. The summed E-state index contributed by atoms with van der Waals surface area (Å²) in [6.07, 6.45) is 5.16. The number of anilines is 1. The second-order valence-corrected chi connectivity index (χ2v) is 5.08. The standard InChI is InChI=1S/C15H24N2/c1-3-4-7-10-17(2)14-11-13-8-5-6-9-15(13)16-12-14/h5-6,8-9,14,16H,3-4,7,10-12H2,1-2H3. The van der Waals surface area contributed by atoms with Crippen LogP contribution >= 0.6 is 0 Å². The van der Waals surface area contributed by atoms with Gasteiger partial charge in [0.2, 0.25) is 0 Å². The molecule has 1 atom stereocenters. The smallest absolute Gasteiger partial charge is 0.0373 e. The van der Waals surface area contributed by atoms with E-state index in [4.69, 9.17) is 0 Å². The summed E-state index contributed by atoms with van der Waals surface area (Å²) in [5.41, 5.74) is 2.79. The average molecular weight is 232 g/mol. The number of likely N-dealkylation sites (N-methyl/N-ethyl adjacent to an activating group) is 1. The van der Waals surface area contributed by atoms with Gasteiger partial charge < -0.3 is 10.2 Å². The molecule has 2 rings (SSSR count). The first-order valence-electron chi connectivity index (χ1n) is 6.83. The summed E-state index contributed by atoms with van der Waals surface area (Å²) in [7, 11) is 2.26. The Morgan fingerprint density at radius 2 is 2.12 bits per heavy atom. The first-order valence-corrected chi connectivity index (χ1v) is 6.83. The van der Waals surface area contributed by atoms with E-state index in [0.717, 1.165) is 6.54 Å². The van der Waals surface area contributed by atoms with Gasteiger partial charge in [-0.3, -0.25) is 0 Å². The quantitative estimate of drug-likeness (QED) is 0.785. The molecule has 1 heterocycles. The van der Waals surface area contributed by atoms with E-state index in [-0.39, 0.29) is 0 Å². The maximum Gasteiger partial charge on any atom is 0.0373 e. The van der Waals surface area contributed by atoms with Crippen molar-refractivity contribution in [2.24, 2.45) is 0 Å². The lowest BCUT2D eigenvalue weighted by Crippen LogP contribution is -2.42. The molecule has 17 heavy (non-hydrogen) atoms. The van der Waals surface area contributed by atoms with Gasteiger partial charge in [-0.15, -0.1) is 0 Å². The molecule has 0 aromatic heterocycles. The number of nitrogens with zero attached hydrogens (tertiary/aromatic N) is 1. The van der Waals surface area contributed by atoms with Gasteiger partial charge in [0, 0.05) is 18.3 Å². The van der Waals surface area contributed by atoms with Gasteiger partial charge in [0.1, 0.15) is 0 Å². The van der Waals surface area contributed by atoms with Gasteiger partial charge in [-0.05, 0) is 38.1 Å². The summed E-state index contributed by atoms with van der Waals surface area (Å²) < 4.78 is 0. The van der Waals surface area contributed by atoms with Gasteiger partial charge in [-0.2, -0.15) is 0 Å². The van der Waals surface area contributed by atoms with Crippen LogP contribution in [0.25, 0.3) is 0 Å². The fourth-order valence-corrected chi connectivity index (χ4v) is 2.53. The molecule has 0 saturated carbocycles. The molecule has 1 aromatic rings. The molecule has 1 unspecified atom stereocenters. The van der Waals surface area contributed by atoms with Crippen molar-refractivity contribution < 1.29 is 0 Å². The van der Waals surface area contributed by atoms with Crippen molar-refractivity contribution in [1.29, 1.82) is 0 Å². The summed E-state index contributed by atoms with van der Waals surface area (Å²) in [5, 5.41) is 3.54. The molecule has 0 bridgehead atoms. The van der Waals surface area contributed by atoms with E-state index in [1.807, 2.05) is 0 Å². The number of para-hydroxylation sites is 1. The summed E-state index contributed by atoms with van der Waals surface area (Å²) >= 11 is 0. The molecule has 2 heteroatoms. The van der Waals surface area contributed by atoms with Crippen LogP contribution in [0.5, 0.6) is 0 Å². The van der Waals surface area contributed by atoms with E-state index in [0.29, 0.717) is 6.04 Å². The molecule has 0 radical (unpaired) electrons. The zero-order valence-electron chi connectivity index (χ0n) is 11.1. The van der Waals surface area contributed by atoms with Crippen molar-refractivity contribution in [2.45, 2.75) is 38.6 Å². The van der Waals surface area contributed by atoms with Crippen LogP contribution in [0.4, 0.5) is 5.69 Å². The second kappa shape index (κ2) is 6.06. The van der Waals surface area contributed by atoms with E-state index < -0.39 is 0 Å². The summed E-state index contributed by atoms with van der Waals surface area (Å²) in [4.78, 5) is 2.51. The maximum atomic E-state index is 3.54. The highest BCUT2D eigenvalue weighted by Crippen LogP contribution is 2.23. The van der Waals surface area contributed by atoms with Gasteiger partial charge in [-0.25, -0.2) is 0 Å².